The van der Waals surface area contributed by atoms with E-state index < -0.39 is 17.5 Å². The lowest BCUT2D eigenvalue weighted by atomic mass is 10.2. The Morgan fingerprint density at radius 3 is 2.35 bits per heavy atom. The highest BCUT2D eigenvalue weighted by Crippen LogP contribution is 2.52. The third kappa shape index (κ3) is 2.76. The molecule has 20 heavy (non-hydrogen) atoms. The third-order valence-corrected chi connectivity index (χ3v) is 3.13. The first-order valence-corrected chi connectivity index (χ1v) is 6.25. The molecule has 0 spiro atoms. The summed E-state index contributed by atoms with van der Waals surface area (Å²) in [5.41, 5.74) is 3.59. The molecule has 0 bridgehead atoms. The molecule has 1 aromatic carbocycles. The number of halogens is 4. The topological polar surface area (TPSA) is 47.3 Å². The smallest absolute Gasteiger partial charge is 0.411 e. The summed E-state index contributed by atoms with van der Waals surface area (Å²) >= 11 is 0. The number of hydrogen-bond acceptors (Lipinski definition) is 3. The van der Waals surface area contributed by atoms with E-state index in [1.807, 2.05) is 0 Å². The summed E-state index contributed by atoms with van der Waals surface area (Å²) in [7, 11) is 0. The molecule has 2 rings (SSSR count). The fraction of sp³-hybridized carbons (Fsp3) is 0.538. The van der Waals surface area contributed by atoms with Crippen molar-refractivity contribution in [2.45, 2.75) is 44.5 Å². The molecular formula is C13H16F4N2O. The second-order valence-corrected chi connectivity index (χ2v) is 5.24. The number of nitrogens with two attached hydrogens (primary N) is 1. The molecule has 1 saturated carbocycles. The molecular weight excluding hydrogens is 276 g/mol. The van der Waals surface area contributed by atoms with Crippen LogP contribution < -0.4 is 15.8 Å². The van der Waals surface area contributed by atoms with E-state index >= 15 is 0 Å². The maximum Gasteiger partial charge on any atom is 0.411 e. The summed E-state index contributed by atoms with van der Waals surface area (Å²) in [5.74, 6) is -0.812. The van der Waals surface area contributed by atoms with Crippen molar-refractivity contribution >= 4 is 11.4 Å². The molecule has 0 aromatic heterocycles. The van der Waals surface area contributed by atoms with Gasteiger partial charge in [0.1, 0.15) is 5.54 Å². The van der Waals surface area contributed by atoms with Crippen LogP contribution in [0.25, 0.3) is 0 Å². The molecule has 0 radical (unpaired) electrons. The number of rotatable bonds is 4. The van der Waals surface area contributed by atoms with Gasteiger partial charge < -0.3 is 15.8 Å². The largest absolute Gasteiger partial charge is 0.488 e. The molecule has 112 valence electrons. The van der Waals surface area contributed by atoms with Gasteiger partial charge in [-0.25, -0.2) is 4.39 Å². The Hall–Kier alpha value is -1.66. The summed E-state index contributed by atoms with van der Waals surface area (Å²) < 4.78 is 57.5. The Bertz CT molecular complexity index is 510. The van der Waals surface area contributed by atoms with Crippen molar-refractivity contribution in [3.8, 4) is 5.75 Å². The number of ether oxygens (including phenoxy) is 1. The zero-order valence-corrected chi connectivity index (χ0v) is 11.1. The van der Waals surface area contributed by atoms with Crippen molar-refractivity contribution in [2.24, 2.45) is 0 Å². The van der Waals surface area contributed by atoms with Crippen molar-refractivity contribution < 1.29 is 22.3 Å². The highest BCUT2D eigenvalue weighted by atomic mass is 19.4. The normalized spacial score (nSPS) is 17.1. The Balaban J connectivity index is 2.28. The van der Waals surface area contributed by atoms with Gasteiger partial charge in [-0.1, -0.05) is 0 Å². The Kier molecular flexibility index (Phi) is 3.47. The van der Waals surface area contributed by atoms with Crippen molar-refractivity contribution in [2.75, 3.05) is 11.1 Å². The standard InChI is InChI=1S/C13H16F4N2O/c1-7(2)20-11-6-10(9(18)5-8(11)14)19-12(3-4-12)13(15,16)17/h5-7,19H,3-4,18H2,1-2H3. The maximum absolute atomic E-state index is 13.6. The van der Waals surface area contributed by atoms with Gasteiger partial charge in [0, 0.05) is 12.1 Å². The number of anilines is 2. The highest BCUT2D eigenvalue weighted by Gasteiger charge is 2.63. The van der Waals surface area contributed by atoms with Crippen LogP contribution >= 0.6 is 0 Å². The minimum absolute atomic E-state index is 0.0202. The average molecular weight is 292 g/mol. The number of nitrogen functional groups attached to an aromatic ring is 1. The Labute approximate surface area is 114 Å². The van der Waals surface area contributed by atoms with Gasteiger partial charge in [0.25, 0.3) is 0 Å². The van der Waals surface area contributed by atoms with E-state index in [2.05, 4.69) is 5.32 Å². The fourth-order valence-electron chi connectivity index (χ4n) is 1.88. The van der Waals surface area contributed by atoms with Crippen LogP contribution in [-0.4, -0.2) is 17.8 Å². The van der Waals surface area contributed by atoms with Crippen LogP contribution in [0.3, 0.4) is 0 Å². The van der Waals surface area contributed by atoms with Gasteiger partial charge in [0.2, 0.25) is 0 Å². The summed E-state index contributed by atoms with van der Waals surface area (Å²) in [6.45, 7) is 3.39. The van der Waals surface area contributed by atoms with Crippen molar-refractivity contribution in [3.05, 3.63) is 17.9 Å². The zero-order valence-electron chi connectivity index (χ0n) is 11.1. The van der Waals surface area contributed by atoms with E-state index in [1.54, 1.807) is 13.8 Å². The van der Waals surface area contributed by atoms with Gasteiger partial charge in [-0.15, -0.1) is 0 Å². The van der Waals surface area contributed by atoms with Gasteiger partial charge >= 0.3 is 6.18 Å². The molecule has 1 aromatic rings. The second-order valence-electron chi connectivity index (χ2n) is 5.24. The monoisotopic (exact) mass is 292 g/mol. The molecule has 3 nitrogen and oxygen atoms in total. The molecule has 7 heteroatoms. The second kappa shape index (κ2) is 4.71. The minimum Gasteiger partial charge on any atom is -0.488 e. The lowest BCUT2D eigenvalue weighted by Gasteiger charge is -2.23. The van der Waals surface area contributed by atoms with Crippen LogP contribution in [0.15, 0.2) is 12.1 Å². The summed E-state index contributed by atoms with van der Waals surface area (Å²) in [6.07, 6.45) is -4.70. The van der Waals surface area contributed by atoms with Crippen LogP contribution in [0.1, 0.15) is 26.7 Å². The van der Waals surface area contributed by atoms with Crippen LogP contribution in [-0.2, 0) is 0 Å². The minimum atomic E-state index is -4.37. The summed E-state index contributed by atoms with van der Waals surface area (Å²) in [6, 6.07) is 2.14. The van der Waals surface area contributed by atoms with Gasteiger partial charge in [-0.2, -0.15) is 13.2 Å². The molecule has 3 N–H and O–H groups in total. The molecule has 1 fully saturated rings. The molecule has 1 aliphatic carbocycles. The van der Waals surface area contributed by atoms with E-state index in [0.29, 0.717) is 0 Å². The van der Waals surface area contributed by atoms with Gasteiger partial charge in [-0.05, 0) is 26.7 Å². The van der Waals surface area contributed by atoms with Gasteiger partial charge in [0.05, 0.1) is 17.5 Å². The van der Waals surface area contributed by atoms with E-state index in [9.17, 15) is 17.6 Å². The zero-order chi connectivity index (χ0) is 15.1. The molecule has 0 saturated heterocycles. The first kappa shape index (κ1) is 14.7. The third-order valence-electron chi connectivity index (χ3n) is 3.13. The lowest BCUT2D eigenvalue weighted by Crippen LogP contribution is -2.38. The van der Waals surface area contributed by atoms with E-state index in [4.69, 9.17) is 10.5 Å². The SMILES string of the molecule is CC(C)Oc1cc(NC2(C(F)(F)F)CC2)c(N)cc1F. The van der Waals surface area contributed by atoms with Crippen LogP contribution in [0.2, 0.25) is 0 Å². The molecule has 1 aliphatic rings. The first-order valence-electron chi connectivity index (χ1n) is 6.25. The Morgan fingerprint density at radius 2 is 1.90 bits per heavy atom. The number of nitrogens with one attached hydrogen (secondary N) is 1. The van der Waals surface area contributed by atoms with Crippen molar-refractivity contribution in [3.63, 3.8) is 0 Å². The van der Waals surface area contributed by atoms with E-state index in [1.165, 1.54) is 6.07 Å². The average Bonchev–Trinajstić information content (AvgIpc) is 3.04. The Morgan fingerprint density at radius 1 is 1.30 bits per heavy atom. The van der Waals surface area contributed by atoms with E-state index in [0.717, 1.165) is 6.07 Å². The number of hydrogen-bond donors (Lipinski definition) is 2. The van der Waals surface area contributed by atoms with E-state index in [-0.39, 0.29) is 36.1 Å². The van der Waals surface area contributed by atoms with Gasteiger partial charge in [-0.3, -0.25) is 0 Å². The number of alkyl halides is 3. The van der Waals surface area contributed by atoms with Crippen molar-refractivity contribution in [1.29, 1.82) is 0 Å². The lowest BCUT2D eigenvalue weighted by molar-refractivity contribution is -0.151. The molecule has 0 amide bonds. The molecule has 0 heterocycles. The highest BCUT2D eigenvalue weighted by molar-refractivity contribution is 5.70. The predicted molar refractivity (Wildman–Crippen MR) is 68.2 cm³/mol. The molecule has 0 unspecified atom stereocenters. The quantitative estimate of drug-likeness (QED) is 0.657. The van der Waals surface area contributed by atoms with Crippen LogP contribution in [0.4, 0.5) is 28.9 Å². The number of benzene rings is 1. The first-order chi connectivity index (χ1) is 9.14. The predicted octanol–water partition coefficient (Wildman–Crippen LogP) is 3.70. The van der Waals surface area contributed by atoms with Crippen LogP contribution in [0.5, 0.6) is 5.75 Å². The fourth-order valence-corrected chi connectivity index (χ4v) is 1.88. The van der Waals surface area contributed by atoms with Crippen LogP contribution in [0, 0.1) is 5.82 Å². The molecule has 0 atom stereocenters. The maximum atomic E-state index is 13.6. The summed E-state index contributed by atoms with van der Waals surface area (Å²) in [5, 5.41) is 2.38. The summed E-state index contributed by atoms with van der Waals surface area (Å²) in [4.78, 5) is 0. The van der Waals surface area contributed by atoms with Crippen molar-refractivity contribution in [1.82, 2.24) is 0 Å². The molecule has 0 aliphatic heterocycles. The van der Waals surface area contributed by atoms with Gasteiger partial charge in [0.15, 0.2) is 11.6 Å².